The van der Waals surface area contributed by atoms with E-state index in [9.17, 15) is 9.59 Å². The molecule has 20 heavy (non-hydrogen) atoms. The van der Waals surface area contributed by atoms with Crippen LogP contribution in [0.4, 0.5) is 4.79 Å². The number of halogens is 1. The lowest BCUT2D eigenvalue weighted by Gasteiger charge is -2.27. The largest absolute Gasteiger partial charge is 0.443 e. The van der Waals surface area contributed by atoms with Crippen molar-refractivity contribution in [2.75, 3.05) is 0 Å². The van der Waals surface area contributed by atoms with Crippen molar-refractivity contribution in [3.8, 4) is 0 Å². The maximum Gasteiger partial charge on any atom is 0.418 e. The number of carbonyl (C=O) groups is 2. The molecule has 1 aromatic carbocycles. The van der Waals surface area contributed by atoms with Gasteiger partial charge >= 0.3 is 6.09 Å². The zero-order valence-corrected chi connectivity index (χ0v) is 12.5. The van der Waals surface area contributed by atoms with Crippen molar-refractivity contribution in [3.05, 3.63) is 34.3 Å². The van der Waals surface area contributed by atoms with Crippen LogP contribution in [0, 0.1) is 0 Å². The summed E-state index contributed by atoms with van der Waals surface area (Å²) in [5.41, 5.74) is 0.276. The number of hydrogen-bond donors (Lipinski definition) is 0. The van der Waals surface area contributed by atoms with Gasteiger partial charge in [-0.25, -0.2) is 9.69 Å². The summed E-state index contributed by atoms with van der Waals surface area (Å²) >= 11 is 5.95. The van der Waals surface area contributed by atoms with Gasteiger partial charge in [0.1, 0.15) is 5.60 Å². The summed E-state index contributed by atoms with van der Waals surface area (Å²) < 4.78 is 5.36. The SMILES string of the molecule is CC(C)(C)OC(=O)N1C(=O)c2cc(Cl)ccc2C12CC2. The van der Waals surface area contributed by atoms with Gasteiger partial charge in [0.15, 0.2) is 0 Å². The first kappa shape index (κ1) is 13.4. The van der Waals surface area contributed by atoms with Gasteiger partial charge in [0, 0.05) is 10.6 Å². The molecule has 0 radical (unpaired) electrons. The normalized spacial score (nSPS) is 19.2. The van der Waals surface area contributed by atoms with Crippen LogP contribution in [-0.2, 0) is 10.3 Å². The Kier molecular flexibility index (Phi) is 2.67. The van der Waals surface area contributed by atoms with Crippen LogP contribution in [0.3, 0.4) is 0 Å². The first-order valence-electron chi connectivity index (χ1n) is 6.62. The minimum atomic E-state index is -0.625. The van der Waals surface area contributed by atoms with Gasteiger partial charge in [-0.3, -0.25) is 4.79 Å². The van der Waals surface area contributed by atoms with Crippen LogP contribution >= 0.6 is 11.6 Å². The summed E-state index contributed by atoms with van der Waals surface area (Å²) in [7, 11) is 0. The van der Waals surface area contributed by atoms with E-state index in [0.29, 0.717) is 10.6 Å². The van der Waals surface area contributed by atoms with E-state index in [0.717, 1.165) is 18.4 Å². The topological polar surface area (TPSA) is 46.6 Å². The van der Waals surface area contributed by atoms with Gasteiger partial charge in [-0.05, 0) is 51.3 Å². The van der Waals surface area contributed by atoms with Crippen LogP contribution in [0.5, 0.6) is 0 Å². The van der Waals surface area contributed by atoms with Gasteiger partial charge < -0.3 is 4.74 Å². The molecule has 1 spiro atoms. The summed E-state index contributed by atoms with van der Waals surface area (Å²) in [6.45, 7) is 5.36. The Balaban J connectivity index is 2.00. The van der Waals surface area contributed by atoms with Crippen molar-refractivity contribution >= 4 is 23.6 Å². The molecule has 1 saturated carbocycles. The highest BCUT2D eigenvalue weighted by molar-refractivity contribution is 6.31. The molecule has 0 atom stereocenters. The molecule has 0 aromatic heterocycles. The Morgan fingerprint density at radius 1 is 1.35 bits per heavy atom. The van der Waals surface area contributed by atoms with E-state index >= 15 is 0 Å². The zero-order chi connectivity index (χ0) is 14.7. The number of hydrogen-bond acceptors (Lipinski definition) is 3. The molecular formula is C15H16ClNO3. The van der Waals surface area contributed by atoms with Gasteiger partial charge in [-0.1, -0.05) is 17.7 Å². The average Bonchev–Trinajstić information content (AvgIpc) is 3.03. The molecule has 1 fully saturated rings. The minimum Gasteiger partial charge on any atom is -0.443 e. The van der Waals surface area contributed by atoms with Crippen LogP contribution in [0.25, 0.3) is 0 Å². The summed E-state index contributed by atoms with van der Waals surface area (Å²) in [5.74, 6) is -0.311. The van der Waals surface area contributed by atoms with Gasteiger partial charge in [0.2, 0.25) is 0 Å². The lowest BCUT2D eigenvalue weighted by atomic mass is 10.0. The predicted octanol–water partition coefficient (Wildman–Crippen LogP) is 3.72. The first-order valence-corrected chi connectivity index (χ1v) is 7.00. The van der Waals surface area contributed by atoms with E-state index in [-0.39, 0.29) is 5.91 Å². The zero-order valence-electron chi connectivity index (χ0n) is 11.7. The fraction of sp³-hybridized carbons (Fsp3) is 0.467. The van der Waals surface area contributed by atoms with Crippen molar-refractivity contribution in [2.24, 2.45) is 0 Å². The molecule has 106 valence electrons. The Morgan fingerprint density at radius 2 is 2.00 bits per heavy atom. The Bertz CT molecular complexity index is 614. The molecule has 5 heteroatoms. The maximum absolute atomic E-state index is 12.5. The highest BCUT2D eigenvalue weighted by Gasteiger charge is 2.61. The average molecular weight is 294 g/mol. The van der Waals surface area contributed by atoms with E-state index in [4.69, 9.17) is 16.3 Å². The molecule has 2 amide bonds. The van der Waals surface area contributed by atoms with Crippen LogP contribution < -0.4 is 0 Å². The van der Waals surface area contributed by atoms with Crippen molar-refractivity contribution < 1.29 is 14.3 Å². The number of nitrogens with zero attached hydrogens (tertiary/aromatic N) is 1. The van der Waals surface area contributed by atoms with Crippen LogP contribution in [0.1, 0.15) is 49.5 Å². The number of rotatable bonds is 0. The first-order chi connectivity index (χ1) is 9.24. The number of amides is 2. The molecule has 1 aromatic rings. The summed E-state index contributed by atoms with van der Waals surface area (Å²) in [6, 6.07) is 5.23. The standard InChI is InChI=1S/C15H16ClNO3/c1-14(2,3)20-13(19)17-12(18)10-8-9(16)4-5-11(10)15(17)6-7-15/h4-5,8H,6-7H2,1-3H3. The molecule has 1 aliphatic heterocycles. The van der Waals surface area contributed by atoms with Gasteiger partial charge in [-0.2, -0.15) is 0 Å². The molecular weight excluding hydrogens is 278 g/mol. The van der Waals surface area contributed by atoms with Crippen LogP contribution in [0.15, 0.2) is 18.2 Å². The number of fused-ring (bicyclic) bond motifs is 2. The Hall–Kier alpha value is -1.55. The van der Waals surface area contributed by atoms with E-state index in [1.54, 1.807) is 32.9 Å². The van der Waals surface area contributed by atoms with Crippen molar-refractivity contribution in [2.45, 2.75) is 44.8 Å². The van der Waals surface area contributed by atoms with E-state index in [1.807, 2.05) is 6.07 Å². The number of benzene rings is 1. The second kappa shape index (κ2) is 3.98. The van der Waals surface area contributed by atoms with Crippen molar-refractivity contribution in [1.29, 1.82) is 0 Å². The number of carbonyl (C=O) groups excluding carboxylic acids is 2. The smallest absolute Gasteiger partial charge is 0.418 e. The molecule has 4 nitrogen and oxygen atoms in total. The minimum absolute atomic E-state index is 0.311. The molecule has 0 unspecified atom stereocenters. The van der Waals surface area contributed by atoms with Crippen molar-refractivity contribution in [1.82, 2.24) is 4.90 Å². The quantitative estimate of drug-likeness (QED) is 0.732. The summed E-state index contributed by atoms with van der Waals surface area (Å²) in [5, 5.41) is 0.499. The highest BCUT2D eigenvalue weighted by atomic mass is 35.5. The highest BCUT2D eigenvalue weighted by Crippen LogP contribution is 2.57. The Morgan fingerprint density at radius 3 is 2.55 bits per heavy atom. The van der Waals surface area contributed by atoms with Gasteiger partial charge in [-0.15, -0.1) is 0 Å². The lowest BCUT2D eigenvalue weighted by Crippen LogP contribution is -2.42. The molecule has 3 rings (SSSR count). The second-order valence-electron chi connectivity index (χ2n) is 6.34. The van der Waals surface area contributed by atoms with E-state index in [2.05, 4.69) is 0 Å². The molecule has 0 bridgehead atoms. The fourth-order valence-corrected chi connectivity index (χ4v) is 2.88. The fourth-order valence-electron chi connectivity index (χ4n) is 2.71. The predicted molar refractivity (Wildman–Crippen MR) is 74.8 cm³/mol. The molecule has 1 heterocycles. The third-order valence-corrected chi connectivity index (χ3v) is 3.88. The van der Waals surface area contributed by atoms with Crippen LogP contribution in [-0.4, -0.2) is 22.5 Å². The van der Waals surface area contributed by atoms with E-state index < -0.39 is 17.2 Å². The summed E-state index contributed by atoms with van der Waals surface area (Å²) in [6.07, 6.45) is 0.992. The van der Waals surface area contributed by atoms with Gasteiger partial charge in [0.05, 0.1) is 5.54 Å². The Labute approximate surface area is 122 Å². The second-order valence-corrected chi connectivity index (χ2v) is 6.78. The van der Waals surface area contributed by atoms with Crippen molar-refractivity contribution in [3.63, 3.8) is 0 Å². The monoisotopic (exact) mass is 293 g/mol. The van der Waals surface area contributed by atoms with E-state index in [1.165, 1.54) is 4.90 Å². The third-order valence-electron chi connectivity index (χ3n) is 3.64. The molecule has 2 aliphatic rings. The summed E-state index contributed by atoms with van der Waals surface area (Å²) in [4.78, 5) is 26.1. The van der Waals surface area contributed by atoms with Crippen LogP contribution in [0.2, 0.25) is 5.02 Å². The lowest BCUT2D eigenvalue weighted by molar-refractivity contribution is 0.0165. The third kappa shape index (κ3) is 1.90. The molecule has 0 N–H and O–H groups in total. The maximum atomic E-state index is 12.5. The van der Waals surface area contributed by atoms with Gasteiger partial charge in [0.25, 0.3) is 5.91 Å². The number of ether oxygens (including phenoxy) is 1. The molecule has 1 aliphatic carbocycles. The molecule has 0 saturated heterocycles. The number of imide groups is 1.